The molecule has 88 valence electrons. The molecule has 0 aliphatic carbocycles. The SMILES string of the molecule is CC(C)(C)NC(=O)Cc1cc(F)cc(F)c1. The Bertz CT molecular complexity index is 376. The van der Waals surface area contributed by atoms with E-state index in [1.165, 1.54) is 0 Å². The molecular formula is C12H15F2NO. The summed E-state index contributed by atoms with van der Waals surface area (Å²) in [5.74, 6) is -1.59. The first-order valence-electron chi connectivity index (χ1n) is 5.02. The van der Waals surface area contributed by atoms with Crippen molar-refractivity contribution in [2.45, 2.75) is 32.7 Å². The van der Waals surface area contributed by atoms with E-state index in [1.54, 1.807) is 0 Å². The molecule has 1 N–H and O–H groups in total. The Labute approximate surface area is 93.7 Å². The van der Waals surface area contributed by atoms with Gasteiger partial charge in [-0.15, -0.1) is 0 Å². The molecule has 2 nitrogen and oxygen atoms in total. The molecule has 0 saturated carbocycles. The molecule has 1 rings (SSSR count). The number of rotatable bonds is 2. The van der Waals surface area contributed by atoms with Gasteiger partial charge in [0.25, 0.3) is 0 Å². The molecule has 1 amide bonds. The minimum atomic E-state index is -0.668. The van der Waals surface area contributed by atoms with E-state index in [0.717, 1.165) is 18.2 Å². The van der Waals surface area contributed by atoms with E-state index in [9.17, 15) is 13.6 Å². The van der Waals surface area contributed by atoms with Crippen LogP contribution in [0.5, 0.6) is 0 Å². The van der Waals surface area contributed by atoms with Crippen molar-refractivity contribution in [1.29, 1.82) is 0 Å². The predicted molar refractivity (Wildman–Crippen MR) is 58.0 cm³/mol. The summed E-state index contributed by atoms with van der Waals surface area (Å²) >= 11 is 0. The first-order valence-corrected chi connectivity index (χ1v) is 5.02. The monoisotopic (exact) mass is 227 g/mol. The predicted octanol–water partition coefficient (Wildman–Crippen LogP) is 2.42. The Morgan fingerprint density at radius 2 is 1.69 bits per heavy atom. The number of carbonyl (C=O) groups excluding carboxylic acids is 1. The Morgan fingerprint density at radius 3 is 2.12 bits per heavy atom. The van der Waals surface area contributed by atoms with Gasteiger partial charge >= 0.3 is 0 Å². The molecule has 0 bridgehead atoms. The van der Waals surface area contributed by atoms with Crippen molar-refractivity contribution in [3.8, 4) is 0 Å². The van der Waals surface area contributed by atoms with Crippen LogP contribution in [0.1, 0.15) is 26.3 Å². The van der Waals surface area contributed by atoms with E-state index in [-0.39, 0.29) is 17.9 Å². The van der Waals surface area contributed by atoms with E-state index in [1.807, 2.05) is 20.8 Å². The van der Waals surface area contributed by atoms with Crippen LogP contribution in [0.2, 0.25) is 0 Å². The summed E-state index contributed by atoms with van der Waals surface area (Å²) in [4.78, 5) is 11.5. The lowest BCUT2D eigenvalue weighted by Crippen LogP contribution is -2.41. The van der Waals surface area contributed by atoms with Gasteiger partial charge in [-0.05, 0) is 38.5 Å². The van der Waals surface area contributed by atoms with Crippen LogP contribution in [0.15, 0.2) is 18.2 Å². The highest BCUT2D eigenvalue weighted by molar-refractivity contribution is 5.79. The van der Waals surface area contributed by atoms with Gasteiger partial charge < -0.3 is 5.32 Å². The maximum Gasteiger partial charge on any atom is 0.224 e. The minimum absolute atomic E-state index is 0.0219. The number of carbonyl (C=O) groups is 1. The molecule has 4 heteroatoms. The van der Waals surface area contributed by atoms with E-state index in [4.69, 9.17) is 0 Å². The molecule has 0 saturated heterocycles. The average Bonchev–Trinajstić information content (AvgIpc) is 1.96. The second-order valence-corrected chi connectivity index (χ2v) is 4.75. The van der Waals surface area contributed by atoms with E-state index < -0.39 is 11.6 Å². The highest BCUT2D eigenvalue weighted by Gasteiger charge is 2.14. The van der Waals surface area contributed by atoms with Gasteiger partial charge in [0.1, 0.15) is 11.6 Å². The topological polar surface area (TPSA) is 29.1 Å². The van der Waals surface area contributed by atoms with Crippen molar-refractivity contribution < 1.29 is 13.6 Å². The molecule has 0 aliphatic heterocycles. The standard InChI is InChI=1S/C12H15F2NO/c1-12(2,3)15-11(16)6-8-4-9(13)7-10(14)5-8/h4-5,7H,6H2,1-3H3,(H,15,16). The molecule has 0 radical (unpaired) electrons. The van der Waals surface area contributed by atoms with Crippen molar-refractivity contribution >= 4 is 5.91 Å². The van der Waals surface area contributed by atoms with Gasteiger partial charge in [0.05, 0.1) is 6.42 Å². The molecule has 0 atom stereocenters. The van der Waals surface area contributed by atoms with Crippen molar-refractivity contribution in [1.82, 2.24) is 5.32 Å². The van der Waals surface area contributed by atoms with E-state index in [2.05, 4.69) is 5.32 Å². The lowest BCUT2D eigenvalue weighted by atomic mass is 10.1. The zero-order valence-electron chi connectivity index (χ0n) is 9.60. The first-order chi connectivity index (χ1) is 7.26. The zero-order valence-corrected chi connectivity index (χ0v) is 9.60. The quantitative estimate of drug-likeness (QED) is 0.826. The number of halogens is 2. The third kappa shape index (κ3) is 4.38. The maximum atomic E-state index is 12.8. The number of benzene rings is 1. The van der Waals surface area contributed by atoms with Gasteiger partial charge in [-0.25, -0.2) is 8.78 Å². The fourth-order valence-electron chi connectivity index (χ4n) is 1.36. The van der Waals surface area contributed by atoms with Crippen molar-refractivity contribution in [2.75, 3.05) is 0 Å². The summed E-state index contributed by atoms with van der Waals surface area (Å²) in [6, 6.07) is 3.10. The summed E-state index contributed by atoms with van der Waals surface area (Å²) in [5.41, 5.74) is -0.0117. The molecule has 0 unspecified atom stereocenters. The summed E-state index contributed by atoms with van der Waals surface area (Å²) < 4.78 is 25.7. The molecule has 1 aromatic carbocycles. The second kappa shape index (κ2) is 4.60. The van der Waals surface area contributed by atoms with E-state index in [0.29, 0.717) is 5.56 Å². The average molecular weight is 227 g/mol. The summed E-state index contributed by atoms with van der Waals surface area (Å²) in [5, 5.41) is 2.72. The Morgan fingerprint density at radius 1 is 1.19 bits per heavy atom. The molecule has 0 fully saturated rings. The lowest BCUT2D eigenvalue weighted by Gasteiger charge is -2.20. The number of hydrogen-bond donors (Lipinski definition) is 1. The summed E-state index contributed by atoms with van der Waals surface area (Å²) in [6.07, 6.45) is -0.0219. The fourth-order valence-corrected chi connectivity index (χ4v) is 1.36. The minimum Gasteiger partial charge on any atom is -0.351 e. The van der Waals surface area contributed by atoms with E-state index >= 15 is 0 Å². The van der Waals surface area contributed by atoms with Crippen LogP contribution < -0.4 is 5.32 Å². The Kier molecular flexibility index (Phi) is 3.62. The van der Waals surface area contributed by atoms with Crippen molar-refractivity contribution in [3.63, 3.8) is 0 Å². The third-order valence-corrected chi connectivity index (χ3v) is 1.80. The second-order valence-electron chi connectivity index (χ2n) is 4.75. The molecule has 0 aliphatic rings. The Hall–Kier alpha value is -1.45. The van der Waals surface area contributed by atoms with Crippen LogP contribution in [0.3, 0.4) is 0 Å². The largest absolute Gasteiger partial charge is 0.351 e. The van der Waals surface area contributed by atoms with Crippen LogP contribution in [0.25, 0.3) is 0 Å². The van der Waals surface area contributed by atoms with Crippen molar-refractivity contribution in [3.05, 3.63) is 35.4 Å². The lowest BCUT2D eigenvalue weighted by molar-refractivity contribution is -0.121. The van der Waals surface area contributed by atoms with Gasteiger partial charge in [-0.1, -0.05) is 0 Å². The van der Waals surface area contributed by atoms with Crippen LogP contribution in [-0.4, -0.2) is 11.4 Å². The number of nitrogens with one attached hydrogen (secondary N) is 1. The van der Waals surface area contributed by atoms with Crippen LogP contribution >= 0.6 is 0 Å². The highest BCUT2D eigenvalue weighted by Crippen LogP contribution is 2.09. The van der Waals surface area contributed by atoms with Gasteiger partial charge in [-0.2, -0.15) is 0 Å². The fraction of sp³-hybridized carbons (Fsp3) is 0.417. The van der Waals surface area contributed by atoms with Gasteiger partial charge in [0, 0.05) is 11.6 Å². The van der Waals surface area contributed by atoms with Crippen LogP contribution in [0.4, 0.5) is 8.78 Å². The maximum absolute atomic E-state index is 12.8. The van der Waals surface area contributed by atoms with Gasteiger partial charge in [0.15, 0.2) is 0 Å². The molecular weight excluding hydrogens is 212 g/mol. The number of amides is 1. The molecule has 1 aromatic rings. The highest BCUT2D eigenvalue weighted by atomic mass is 19.1. The first kappa shape index (κ1) is 12.6. The van der Waals surface area contributed by atoms with Crippen LogP contribution in [-0.2, 0) is 11.2 Å². The molecule has 0 heterocycles. The summed E-state index contributed by atoms with van der Waals surface area (Å²) in [7, 11) is 0. The van der Waals surface area contributed by atoms with Crippen molar-refractivity contribution in [2.24, 2.45) is 0 Å². The smallest absolute Gasteiger partial charge is 0.224 e. The molecule has 16 heavy (non-hydrogen) atoms. The Balaban J connectivity index is 2.70. The zero-order chi connectivity index (χ0) is 12.3. The van der Waals surface area contributed by atoms with Gasteiger partial charge in [0.2, 0.25) is 5.91 Å². The van der Waals surface area contributed by atoms with Crippen LogP contribution in [0, 0.1) is 11.6 Å². The number of hydrogen-bond acceptors (Lipinski definition) is 1. The van der Waals surface area contributed by atoms with Gasteiger partial charge in [-0.3, -0.25) is 4.79 Å². The molecule has 0 aromatic heterocycles. The molecule has 0 spiro atoms. The summed E-state index contributed by atoms with van der Waals surface area (Å²) in [6.45, 7) is 5.53. The third-order valence-electron chi connectivity index (χ3n) is 1.80. The normalized spacial score (nSPS) is 11.3.